The van der Waals surface area contributed by atoms with E-state index in [-0.39, 0.29) is 36.4 Å². The summed E-state index contributed by atoms with van der Waals surface area (Å²) < 4.78 is 76.7. The van der Waals surface area contributed by atoms with E-state index in [1.807, 2.05) is 6.07 Å². The van der Waals surface area contributed by atoms with Crippen molar-refractivity contribution in [1.82, 2.24) is 9.47 Å². The minimum absolute atomic E-state index is 0.0733. The Kier molecular flexibility index (Phi) is 10.8. The monoisotopic (exact) mass is 622 g/mol. The minimum atomic E-state index is -4.45. The van der Waals surface area contributed by atoms with Crippen molar-refractivity contribution in [3.8, 4) is 17.6 Å². The fourth-order valence-electron chi connectivity index (χ4n) is 5.03. The SMILES string of the molecule is COCCOc1cc(S(C)(=O)=O)ccc1NCC#Cc1cc2c(NC3CCN(CCO)CC3)cccc2n1CC(F)(F)F. The number of piperidine rings is 1. The van der Waals surface area contributed by atoms with Gasteiger partial charge >= 0.3 is 6.18 Å². The molecular formula is C30H37F3N4O5S. The van der Waals surface area contributed by atoms with E-state index in [1.165, 1.54) is 23.8 Å². The van der Waals surface area contributed by atoms with Crippen molar-refractivity contribution in [3.63, 3.8) is 0 Å². The molecular weight excluding hydrogens is 585 g/mol. The van der Waals surface area contributed by atoms with Crippen LogP contribution in [0.1, 0.15) is 18.5 Å². The van der Waals surface area contributed by atoms with Gasteiger partial charge in [-0.05, 0) is 49.1 Å². The first-order chi connectivity index (χ1) is 20.5. The number of anilines is 2. The number of aliphatic hydroxyl groups excluding tert-OH is 1. The summed E-state index contributed by atoms with van der Waals surface area (Å²) in [6.07, 6.45) is -1.62. The molecule has 0 saturated carbocycles. The van der Waals surface area contributed by atoms with E-state index >= 15 is 0 Å². The van der Waals surface area contributed by atoms with Crippen LogP contribution in [0.25, 0.3) is 10.9 Å². The summed E-state index contributed by atoms with van der Waals surface area (Å²) >= 11 is 0. The third-order valence-corrected chi connectivity index (χ3v) is 8.27. The second-order valence-electron chi connectivity index (χ2n) is 10.4. The number of sulfone groups is 1. The zero-order valence-corrected chi connectivity index (χ0v) is 25.0. The van der Waals surface area contributed by atoms with Gasteiger partial charge in [-0.3, -0.25) is 0 Å². The first-order valence-electron chi connectivity index (χ1n) is 14.0. The number of likely N-dealkylation sites (tertiary alicyclic amines) is 1. The first-order valence-corrected chi connectivity index (χ1v) is 15.8. The minimum Gasteiger partial charge on any atom is -0.489 e. The lowest BCUT2D eigenvalue weighted by atomic mass is 10.0. The largest absolute Gasteiger partial charge is 0.489 e. The predicted octanol–water partition coefficient (Wildman–Crippen LogP) is 3.96. The normalized spacial score (nSPS) is 14.8. The van der Waals surface area contributed by atoms with E-state index in [9.17, 15) is 26.7 Å². The summed E-state index contributed by atoms with van der Waals surface area (Å²) in [6.45, 7) is 1.80. The molecule has 2 heterocycles. The van der Waals surface area contributed by atoms with E-state index in [0.717, 1.165) is 37.9 Å². The van der Waals surface area contributed by atoms with Crippen LogP contribution in [0.2, 0.25) is 0 Å². The summed E-state index contributed by atoms with van der Waals surface area (Å²) in [5.74, 6) is 6.09. The predicted molar refractivity (Wildman–Crippen MR) is 160 cm³/mol. The van der Waals surface area contributed by atoms with Gasteiger partial charge in [0.15, 0.2) is 9.84 Å². The Morgan fingerprint density at radius 1 is 1.09 bits per heavy atom. The van der Waals surface area contributed by atoms with Crippen LogP contribution in [0, 0.1) is 11.8 Å². The molecule has 3 aromatic rings. The van der Waals surface area contributed by atoms with Crippen molar-refractivity contribution < 1.29 is 36.2 Å². The first kappa shape index (κ1) is 32.5. The Balaban J connectivity index is 1.56. The number of fused-ring (bicyclic) bond motifs is 1. The van der Waals surface area contributed by atoms with Gasteiger partial charge in [-0.1, -0.05) is 12.0 Å². The molecule has 0 aliphatic carbocycles. The number of nitrogens with zero attached hydrogens (tertiary/aromatic N) is 2. The van der Waals surface area contributed by atoms with Crippen molar-refractivity contribution in [3.05, 3.63) is 48.2 Å². The van der Waals surface area contributed by atoms with Gasteiger partial charge in [0, 0.05) is 56.2 Å². The standard InChI is InChI=1S/C30H37F3N4O5S/c1-41-17-18-42-29-20-24(43(2,39)40)8-9-27(29)34-12-4-5-23-19-25-26(35-22-10-13-36(14-11-22)15-16-38)6-3-7-28(25)37(23)21-30(31,32)33/h3,6-9,19-20,22,34-35,38H,10-18,21H2,1-2H3. The number of rotatable bonds is 12. The molecule has 2 aromatic carbocycles. The van der Waals surface area contributed by atoms with Crippen LogP contribution < -0.4 is 15.4 Å². The molecule has 234 valence electrons. The van der Waals surface area contributed by atoms with Crippen molar-refractivity contribution in [2.45, 2.75) is 36.5 Å². The number of alkyl halides is 3. The number of β-amino-alcohol motifs (C(OH)–C–C–N with tert-alkyl or cyclic N) is 1. The number of benzene rings is 2. The highest BCUT2D eigenvalue weighted by Crippen LogP contribution is 2.32. The summed E-state index contributed by atoms with van der Waals surface area (Å²) in [5.41, 5.74) is 1.90. The topological polar surface area (TPSA) is 105 Å². The smallest absolute Gasteiger partial charge is 0.406 e. The number of methoxy groups -OCH3 is 1. The number of ether oxygens (including phenoxy) is 2. The highest BCUT2D eigenvalue weighted by Gasteiger charge is 2.30. The van der Waals surface area contributed by atoms with Crippen LogP contribution in [0.5, 0.6) is 5.75 Å². The van der Waals surface area contributed by atoms with Crippen LogP contribution in [0.15, 0.2) is 47.4 Å². The molecule has 1 aliphatic heterocycles. The van der Waals surface area contributed by atoms with E-state index in [4.69, 9.17) is 9.47 Å². The van der Waals surface area contributed by atoms with Crippen molar-refractivity contribution >= 4 is 32.1 Å². The molecule has 1 fully saturated rings. The van der Waals surface area contributed by atoms with Crippen LogP contribution in [0.3, 0.4) is 0 Å². The zero-order chi connectivity index (χ0) is 31.0. The molecule has 1 saturated heterocycles. The highest BCUT2D eigenvalue weighted by molar-refractivity contribution is 7.90. The van der Waals surface area contributed by atoms with Crippen LogP contribution in [0.4, 0.5) is 24.5 Å². The average molecular weight is 623 g/mol. The van der Waals surface area contributed by atoms with Gasteiger partial charge in [-0.25, -0.2) is 8.42 Å². The third-order valence-electron chi connectivity index (χ3n) is 7.16. The number of hydrogen-bond donors (Lipinski definition) is 3. The van der Waals surface area contributed by atoms with Gasteiger partial charge in [0.1, 0.15) is 18.9 Å². The molecule has 1 aliphatic rings. The molecule has 0 radical (unpaired) electrons. The lowest BCUT2D eigenvalue weighted by Gasteiger charge is -2.32. The second kappa shape index (κ2) is 14.4. The molecule has 0 bridgehead atoms. The molecule has 1 aromatic heterocycles. The van der Waals surface area contributed by atoms with E-state index in [2.05, 4.69) is 27.4 Å². The summed E-state index contributed by atoms with van der Waals surface area (Å²) in [6, 6.07) is 11.5. The molecule has 43 heavy (non-hydrogen) atoms. The van der Waals surface area contributed by atoms with E-state index in [1.54, 1.807) is 24.3 Å². The van der Waals surface area contributed by atoms with Crippen LogP contribution >= 0.6 is 0 Å². The molecule has 0 unspecified atom stereocenters. The number of halogens is 3. The van der Waals surface area contributed by atoms with E-state index in [0.29, 0.717) is 35.5 Å². The van der Waals surface area contributed by atoms with Crippen LogP contribution in [-0.2, 0) is 21.1 Å². The molecule has 13 heteroatoms. The van der Waals surface area contributed by atoms with Gasteiger partial charge in [0.25, 0.3) is 0 Å². The number of aromatic nitrogens is 1. The fraction of sp³-hybridized carbons (Fsp3) is 0.467. The van der Waals surface area contributed by atoms with Gasteiger partial charge in [-0.15, -0.1) is 0 Å². The Morgan fingerprint density at radius 2 is 1.86 bits per heavy atom. The van der Waals surface area contributed by atoms with Gasteiger partial charge in [-0.2, -0.15) is 13.2 Å². The van der Waals surface area contributed by atoms with Crippen molar-refractivity contribution in [2.24, 2.45) is 0 Å². The Labute approximate surface area is 249 Å². The maximum Gasteiger partial charge on any atom is 0.406 e. The molecule has 3 N–H and O–H groups in total. The lowest BCUT2D eigenvalue weighted by Crippen LogP contribution is -2.40. The number of nitrogens with one attached hydrogen (secondary N) is 2. The summed E-state index contributed by atoms with van der Waals surface area (Å²) in [5, 5.41) is 16.4. The van der Waals surface area contributed by atoms with Crippen molar-refractivity contribution in [2.75, 3.05) is 70.0 Å². The van der Waals surface area contributed by atoms with Crippen LogP contribution in [-0.4, -0.2) is 94.6 Å². The van der Waals surface area contributed by atoms with Gasteiger partial charge in [0.05, 0.1) is 41.6 Å². The Hall–Kier alpha value is -3.44. The molecule has 0 spiro atoms. The number of hydrogen-bond acceptors (Lipinski definition) is 8. The quantitative estimate of drug-likeness (QED) is 0.206. The second-order valence-corrected chi connectivity index (χ2v) is 12.4. The van der Waals surface area contributed by atoms with E-state index < -0.39 is 22.6 Å². The lowest BCUT2D eigenvalue weighted by molar-refractivity contribution is -0.140. The summed E-state index contributed by atoms with van der Waals surface area (Å²) in [4.78, 5) is 2.28. The van der Waals surface area contributed by atoms with Crippen molar-refractivity contribution in [1.29, 1.82) is 0 Å². The van der Waals surface area contributed by atoms with Gasteiger partial charge in [0.2, 0.25) is 0 Å². The maximum absolute atomic E-state index is 13.6. The molecule has 9 nitrogen and oxygen atoms in total. The molecule has 4 rings (SSSR count). The summed E-state index contributed by atoms with van der Waals surface area (Å²) in [7, 11) is -1.94. The third kappa shape index (κ3) is 9.03. The maximum atomic E-state index is 13.6. The molecule has 0 atom stereocenters. The van der Waals surface area contributed by atoms with Gasteiger partial charge < -0.3 is 34.7 Å². The average Bonchev–Trinajstić information content (AvgIpc) is 3.29. The Bertz CT molecular complexity index is 1560. The zero-order valence-electron chi connectivity index (χ0n) is 24.2. The fourth-order valence-corrected chi connectivity index (χ4v) is 5.67. The Morgan fingerprint density at radius 3 is 2.53 bits per heavy atom. The highest BCUT2D eigenvalue weighted by atomic mass is 32.2. The number of aliphatic hydroxyl groups is 1. The molecule has 0 amide bonds.